The first-order valence-corrected chi connectivity index (χ1v) is 10.9. The van der Waals surface area contributed by atoms with Crippen molar-refractivity contribution in [3.8, 4) is 11.3 Å². The predicted molar refractivity (Wildman–Crippen MR) is 118 cm³/mol. The third-order valence-corrected chi connectivity index (χ3v) is 6.41. The molecule has 2 unspecified atom stereocenters. The van der Waals surface area contributed by atoms with Crippen LogP contribution in [-0.4, -0.2) is 21.0 Å². The molecule has 0 bridgehead atoms. The molecule has 1 saturated carbocycles. The number of benzene rings is 1. The largest absolute Gasteiger partial charge is 0.459 e. The number of nitrogens with zero attached hydrogens (tertiary/aromatic N) is 2. The van der Waals surface area contributed by atoms with E-state index < -0.39 is 0 Å². The lowest BCUT2D eigenvalue weighted by Crippen LogP contribution is -2.40. The Morgan fingerprint density at radius 3 is 2.48 bits per heavy atom. The van der Waals surface area contributed by atoms with Crippen molar-refractivity contribution in [1.29, 1.82) is 0 Å². The Morgan fingerprint density at radius 1 is 0.931 bits per heavy atom. The van der Waals surface area contributed by atoms with E-state index in [1.807, 2.05) is 36.5 Å². The van der Waals surface area contributed by atoms with Crippen LogP contribution in [0.4, 0.5) is 0 Å². The summed E-state index contributed by atoms with van der Waals surface area (Å²) in [4.78, 5) is 7.02. The van der Waals surface area contributed by atoms with E-state index in [2.05, 4.69) is 45.5 Å². The summed E-state index contributed by atoms with van der Waals surface area (Å²) in [5, 5.41) is 4.37. The summed E-state index contributed by atoms with van der Waals surface area (Å²) < 4.78 is 6.41. The summed E-state index contributed by atoms with van der Waals surface area (Å²) in [5.41, 5.74) is 2.08. The zero-order chi connectivity index (χ0) is 19.6. The molecule has 5 rings (SSSR count). The van der Waals surface area contributed by atoms with Crippen molar-refractivity contribution in [1.82, 2.24) is 15.2 Å². The van der Waals surface area contributed by atoms with Crippen molar-refractivity contribution < 1.29 is 4.42 Å². The van der Waals surface area contributed by atoms with Crippen molar-refractivity contribution in [2.24, 2.45) is 0 Å². The van der Waals surface area contributed by atoms with Gasteiger partial charge in [0.05, 0.1) is 11.7 Å². The second-order valence-corrected chi connectivity index (χ2v) is 8.28. The van der Waals surface area contributed by atoms with Crippen LogP contribution in [0.5, 0.6) is 0 Å². The number of furan rings is 1. The van der Waals surface area contributed by atoms with E-state index in [1.165, 1.54) is 32.1 Å². The first-order chi connectivity index (χ1) is 14.3. The van der Waals surface area contributed by atoms with Crippen LogP contribution in [-0.2, 0) is 0 Å². The molecule has 3 heterocycles. The Labute approximate surface area is 177 Å². The molecule has 1 aromatic carbocycles. The molecule has 4 nitrogen and oxygen atoms in total. The number of pyridine rings is 1. The molecule has 1 N–H and O–H groups in total. The Hall–Kier alpha value is -2.66. The van der Waals surface area contributed by atoms with Crippen LogP contribution in [0, 0.1) is 0 Å². The zero-order valence-corrected chi connectivity index (χ0v) is 17.1. The molecule has 0 radical (unpaired) electrons. The van der Waals surface area contributed by atoms with Gasteiger partial charge in [0.25, 0.3) is 0 Å². The molecule has 3 aromatic rings. The van der Waals surface area contributed by atoms with Gasteiger partial charge in [-0.3, -0.25) is 4.98 Å². The highest BCUT2D eigenvalue weighted by atomic mass is 32.1. The molecule has 1 aliphatic heterocycles. The maximum atomic E-state index is 6.41. The monoisotopic (exact) mass is 403 g/mol. The summed E-state index contributed by atoms with van der Waals surface area (Å²) in [6, 6.07) is 20.9. The molecule has 2 aromatic heterocycles. The van der Waals surface area contributed by atoms with Gasteiger partial charge in [-0.2, -0.15) is 0 Å². The van der Waals surface area contributed by atoms with Crippen molar-refractivity contribution in [2.45, 2.75) is 50.2 Å². The van der Waals surface area contributed by atoms with E-state index in [-0.39, 0.29) is 12.1 Å². The van der Waals surface area contributed by atoms with Gasteiger partial charge in [-0.25, -0.2) is 0 Å². The van der Waals surface area contributed by atoms with E-state index in [4.69, 9.17) is 16.6 Å². The normalized spacial score (nSPS) is 22.6. The highest BCUT2D eigenvalue weighted by Gasteiger charge is 2.44. The number of thiocarbonyl (C=S) groups is 1. The quantitative estimate of drug-likeness (QED) is 0.570. The van der Waals surface area contributed by atoms with Gasteiger partial charge in [0, 0.05) is 17.8 Å². The van der Waals surface area contributed by atoms with Crippen molar-refractivity contribution in [3.63, 3.8) is 0 Å². The Kier molecular flexibility index (Phi) is 5.06. The molecule has 5 heteroatoms. The van der Waals surface area contributed by atoms with Crippen molar-refractivity contribution in [3.05, 3.63) is 78.3 Å². The van der Waals surface area contributed by atoms with E-state index in [0.717, 1.165) is 27.9 Å². The highest BCUT2D eigenvalue weighted by Crippen LogP contribution is 2.43. The van der Waals surface area contributed by atoms with Crippen molar-refractivity contribution >= 4 is 17.3 Å². The summed E-state index contributed by atoms with van der Waals surface area (Å²) >= 11 is 5.82. The van der Waals surface area contributed by atoms with Gasteiger partial charge in [0.1, 0.15) is 17.6 Å². The van der Waals surface area contributed by atoms with Crippen LogP contribution in [0.1, 0.15) is 55.6 Å². The topological polar surface area (TPSA) is 41.3 Å². The minimum Gasteiger partial charge on any atom is -0.459 e. The molecule has 148 valence electrons. The standard InChI is InChI=1S/C24H25N3OS/c29-24-26-22(19-13-7-8-16-25-19)23(27(24)18-11-5-2-6-12-18)21-15-14-20(28-21)17-9-3-1-4-10-17/h1,3-4,7-10,13-16,18,22-23H,2,5-6,11-12H2,(H,26,29). The van der Waals surface area contributed by atoms with Crippen molar-refractivity contribution in [2.75, 3.05) is 0 Å². The molecule has 2 atom stereocenters. The van der Waals surface area contributed by atoms with Crippen LogP contribution >= 0.6 is 12.2 Å². The second kappa shape index (κ2) is 7.99. The molecule has 0 spiro atoms. The predicted octanol–water partition coefficient (Wildman–Crippen LogP) is 5.65. The van der Waals surface area contributed by atoms with E-state index >= 15 is 0 Å². The van der Waals surface area contributed by atoms with Gasteiger partial charge in [-0.15, -0.1) is 0 Å². The Morgan fingerprint density at radius 2 is 1.72 bits per heavy atom. The lowest BCUT2D eigenvalue weighted by Gasteiger charge is -2.36. The molecule has 29 heavy (non-hydrogen) atoms. The second-order valence-electron chi connectivity index (χ2n) is 7.89. The molecule has 2 aliphatic rings. The van der Waals surface area contributed by atoms with Gasteiger partial charge in [-0.1, -0.05) is 55.7 Å². The fraction of sp³-hybridized carbons (Fsp3) is 0.333. The lowest BCUT2D eigenvalue weighted by molar-refractivity contribution is 0.179. The number of hydrogen-bond donors (Lipinski definition) is 1. The van der Waals surface area contributed by atoms with Crippen LogP contribution in [0.15, 0.2) is 71.3 Å². The molecular weight excluding hydrogens is 378 g/mol. The van der Waals surface area contributed by atoms with E-state index in [0.29, 0.717) is 6.04 Å². The molecule has 1 saturated heterocycles. The fourth-order valence-corrected chi connectivity index (χ4v) is 5.08. The number of hydrogen-bond acceptors (Lipinski definition) is 3. The smallest absolute Gasteiger partial charge is 0.170 e. The molecule has 2 fully saturated rings. The minimum absolute atomic E-state index is 0.0120. The van der Waals surface area contributed by atoms with Gasteiger partial charge < -0.3 is 14.6 Å². The van der Waals surface area contributed by atoms with Crippen LogP contribution in [0.2, 0.25) is 0 Å². The third kappa shape index (κ3) is 3.55. The number of nitrogens with one attached hydrogen (secondary N) is 1. The van der Waals surface area contributed by atoms with E-state index in [9.17, 15) is 0 Å². The highest BCUT2D eigenvalue weighted by molar-refractivity contribution is 7.80. The summed E-state index contributed by atoms with van der Waals surface area (Å²) in [6.45, 7) is 0. The lowest BCUT2D eigenvalue weighted by atomic mass is 9.92. The number of aromatic nitrogens is 1. The van der Waals surface area contributed by atoms with Gasteiger partial charge in [-0.05, 0) is 49.3 Å². The maximum Gasteiger partial charge on any atom is 0.170 e. The summed E-state index contributed by atoms with van der Waals surface area (Å²) in [6.07, 6.45) is 8.05. The summed E-state index contributed by atoms with van der Waals surface area (Å²) in [5.74, 6) is 1.83. The zero-order valence-electron chi connectivity index (χ0n) is 16.3. The Balaban J connectivity index is 1.54. The van der Waals surface area contributed by atoms with Crippen LogP contribution < -0.4 is 5.32 Å². The van der Waals surface area contributed by atoms with E-state index in [1.54, 1.807) is 0 Å². The Bertz CT molecular complexity index is 966. The number of rotatable bonds is 4. The van der Waals surface area contributed by atoms with Crippen LogP contribution in [0.3, 0.4) is 0 Å². The van der Waals surface area contributed by atoms with Gasteiger partial charge >= 0.3 is 0 Å². The first-order valence-electron chi connectivity index (χ1n) is 10.5. The summed E-state index contributed by atoms with van der Waals surface area (Å²) in [7, 11) is 0. The average molecular weight is 404 g/mol. The maximum absolute atomic E-state index is 6.41. The average Bonchev–Trinajstić information content (AvgIpc) is 3.40. The fourth-order valence-electron chi connectivity index (χ4n) is 4.69. The first kappa shape index (κ1) is 18.4. The van der Waals surface area contributed by atoms with Gasteiger partial charge in [0.15, 0.2) is 5.11 Å². The minimum atomic E-state index is -0.0135. The molecule has 0 amide bonds. The SMILES string of the molecule is S=C1NC(c2ccccn2)C(c2ccc(-c3ccccc3)o2)N1C1CCCCC1. The molecular formula is C24H25N3OS. The van der Waals surface area contributed by atoms with Gasteiger partial charge in [0.2, 0.25) is 0 Å². The molecule has 1 aliphatic carbocycles. The van der Waals surface area contributed by atoms with Crippen LogP contribution in [0.25, 0.3) is 11.3 Å². The third-order valence-electron chi connectivity index (χ3n) is 6.08.